The number of carbonyl (C=O) groups is 1. The molecule has 0 radical (unpaired) electrons. The zero-order valence-corrected chi connectivity index (χ0v) is 22.4. The van der Waals surface area contributed by atoms with Crippen LogP contribution in [0.3, 0.4) is 0 Å². The second kappa shape index (κ2) is 13.9. The molecule has 1 fully saturated rings. The van der Waals surface area contributed by atoms with Crippen LogP contribution in [0, 0.1) is 5.41 Å². The van der Waals surface area contributed by atoms with Crippen LogP contribution in [0.25, 0.3) is 0 Å². The number of halogens is 1. The van der Waals surface area contributed by atoms with Gasteiger partial charge in [-0.25, -0.2) is 4.99 Å². The number of carbonyl (C=O) groups excluding carboxylic acids is 1. The fraction of sp³-hybridized carbons (Fsp3) is 0.667. The Balaban J connectivity index is 0.00000480. The largest absolute Gasteiger partial charge is 0.357 e. The van der Waals surface area contributed by atoms with Crippen LogP contribution in [0.4, 0.5) is 0 Å². The topological polar surface area (TPSA) is 60.0 Å². The van der Waals surface area contributed by atoms with Crippen molar-refractivity contribution in [2.45, 2.75) is 59.5 Å². The molecular formula is C24H42IN5O. The van der Waals surface area contributed by atoms with Gasteiger partial charge in [0.15, 0.2) is 5.96 Å². The van der Waals surface area contributed by atoms with E-state index in [0.717, 1.165) is 57.8 Å². The third-order valence-corrected chi connectivity index (χ3v) is 6.10. The van der Waals surface area contributed by atoms with E-state index in [1.165, 1.54) is 11.1 Å². The molecule has 0 saturated heterocycles. The van der Waals surface area contributed by atoms with Gasteiger partial charge in [0.1, 0.15) is 0 Å². The average molecular weight is 544 g/mol. The highest BCUT2D eigenvalue weighted by atomic mass is 127. The van der Waals surface area contributed by atoms with Crippen molar-refractivity contribution in [3.05, 3.63) is 35.4 Å². The number of aliphatic imine (C=N–C) groups is 1. The van der Waals surface area contributed by atoms with Gasteiger partial charge in [-0.15, -0.1) is 24.0 Å². The smallest absolute Gasteiger partial charge is 0.230 e. The molecule has 6 nitrogen and oxygen atoms in total. The summed E-state index contributed by atoms with van der Waals surface area (Å²) in [6.07, 6.45) is 4.14. The molecule has 176 valence electrons. The summed E-state index contributed by atoms with van der Waals surface area (Å²) in [6, 6.07) is 8.74. The van der Waals surface area contributed by atoms with Crippen molar-refractivity contribution in [3.8, 4) is 0 Å². The number of hydrogen-bond acceptors (Lipinski definition) is 3. The zero-order chi connectivity index (χ0) is 22.0. The molecule has 0 aliphatic heterocycles. The van der Waals surface area contributed by atoms with E-state index in [1.807, 2.05) is 14.1 Å². The highest BCUT2D eigenvalue weighted by Gasteiger charge is 2.42. The number of hydrogen-bond donors (Lipinski definition) is 2. The monoisotopic (exact) mass is 543 g/mol. The number of amides is 1. The Labute approximate surface area is 206 Å². The summed E-state index contributed by atoms with van der Waals surface area (Å²) < 4.78 is 0. The van der Waals surface area contributed by atoms with E-state index in [1.54, 1.807) is 4.90 Å². The number of guanidine groups is 1. The molecule has 2 N–H and O–H groups in total. The quantitative estimate of drug-likeness (QED) is 0.268. The lowest BCUT2D eigenvalue weighted by atomic mass is 9.84. The molecule has 1 aliphatic rings. The molecule has 1 aliphatic carbocycles. The Morgan fingerprint density at radius 2 is 1.58 bits per heavy atom. The van der Waals surface area contributed by atoms with Gasteiger partial charge in [0, 0.05) is 33.7 Å². The van der Waals surface area contributed by atoms with E-state index in [0.29, 0.717) is 13.1 Å². The van der Waals surface area contributed by atoms with Crippen molar-refractivity contribution >= 4 is 35.8 Å². The summed E-state index contributed by atoms with van der Waals surface area (Å²) in [7, 11) is 3.71. The van der Waals surface area contributed by atoms with Gasteiger partial charge in [0.25, 0.3) is 0 Å². The summed E-state index contributed by atoms with van der Waals surface area (Å²) in [5, 5.41) is 6.77. The summed E-state index contributed by atoms with van der Waals surface area (Å²) in [5.41, 5.74) is 2.23. The van der Waals surface area contributed by atoms with E-state index in [9.17, 15) is 4.79 Å². The van der Waals surface area contributed by atoms with E-state index in [-0.39, 0.29) is 35.3 Å². The maximum Gasteiger partial charge on any atom is 0.230 e. The number of nitrogens with one attached hydrogen (secondary N) is 2. The molecule has 1 aromatic rings. The molecule has 0 aromatic heterocycles. The Hall–Kier alpha value is -1.35. The molecule has 1 saturated carbocycles. The standard InChI is InChI=1S/C24H41N5O.HI/c1-6-25-23(27-19-24(15-9-10-16-24)22(30)28(4)5)26-17-20-11-13-21(14-12-20)18-29(7-2)8-3;/h11-14H,6-10,15-19H2,1-5H3,(H2,25,26,27);1H. The molecule has 31 heavy (non-hydrogen) atoms. The van der Waals surface area contributed by atoms with E-state index in [4.69, 9.17) is 4.99 Å². The SMILES string of the molecule is CCNC(=NCc1ccc(CN(CC)CC)cc1)NCC1(C(=O)N(C)C)CCCC1.I. The number of rotatable bonds is 10. The Morgan fingerprint density at radius 3 is 2.10 bits per heavy atom. The van der Waals surface area contributed by atoms with Gasteiger partial charge in [-0.3, -0.25) is 9.69 Å². The maximum absolute atomic E-state index is 12.8. The fourth-order valence-corrected chi connectivity index (χ4v) is 4.21. The minimum absolute atomic E-state index is 0. The summed E-state index contributed by atoms with van der Waals surface area (Å²) >= 11 is 0. The molecule has 1 aromatic carbocycles. The van der Waals surface area contributed by atoms with E-state index >= 15 is 0 Å². The van der Waals surface area contributed by atoms with Gasteiger partial charge in [0.2, 0.25) is 5.91 Å². The van der Waals surface area contributed by atoms with Gasteiger partial charge >= 0.3 is 0 Å². The van der Waals surface area contributed by atoms with Gasteiger partial charge < -0.3 is 15.5 Å². The summed E-state index contributed by atoms with van der Waals surface area (Å²) in [6.45, 7) is 11.6. The van der Waals surface area contributed by atoms with Crippen molar-refractivity contribution < 1.29 is 4.79 Å². The average Bonchev–Trinajstić information content (AvgIpc) is 3.24. The van der Waals surface area contributed by atoms with Crippen molar-refractivity contribution in [3.63, 3.8) is 0 Å². The van der Waals surface area contributed by atoms with Crippen LogP contribution in [0.1, 0.15) is 57.6 Å². The summed E-state index contributed by atoms with van der Waals surface area (Å²) in [4.78, 5) is 21.7. The lowest BCUT2D eigenvalue weighted by molar-refractivity contribution is -0.138. The highest BCUT2D eigenvalue weighted by Crippen LogP contribution is 2.38. The van der Waals surface area contributed by atoms with Crippen LogP contribution < -0.4 is 10.6 Å². The first-order valence-electron chi connectivity index (χ1n) is 11.5. The van der Waals surface area contributed by atoms with Crippen molar-refractivity contribution in [1.82, 2.24) is 20.4 Å². The molecule has 7 heteroatoms. The van der Waals surface area contributed by atoms with E-state index < -0.39 is 0 Å². The van der Waals surface area contributed by atoms with Gasteiger partial charge in [-0.05, 0) is 44.0 Å². The molecule has 0 heterocycles. The minimum atomic E-state index is -0.300. The Morgan fingerprint density at radius 1 is 1.00 bits per heavy atom. The molecule has 1 amide bonds. The predicted molar refractivity (Wildman–Crippen MR) is 141 cm³/mol. The fourth-order valence-electron chi connectivity index (χ4n) is 4.21. The summed E-state index contributed by atoms with van der Waals surface area (Å²) in [5.74, 6) is 1.01. The third-order valence-electron chi connectivity index (χ3n) is 6.10. The molecule has 0 spiro atoms. The predicted octanol–water partition coefficient (Wildman–Crippen LogP) is 3.85. The normalized spacial score (nSPS) is 15.5. The molecule has 0 unspecified atom stereocenters. The Bertz CT molecular complexity index is 680. The number of benzene rings is 1. The first-order valence-corrected chi connectivity index (χ1v) is 11.5. The Kier molecular flexibility index (Phi) is 12.4. The van der Waals surface area contributed by atoms with Crippen LogP contribution >= 0.6 is 24.0 Å². The first-order chi connectivity index (χ1) is 14.4. The maximum atomic E-state index is 12.8. The number of nitrogens with zero attached hydrogens (tertiary/aromatic N) is 3. The van der Waals surface area contributed by atoms with Crippen LogP contribution in [0.2, 0.25) is 0 Å². The van der Waals surface area contributed by atoms with Crippen LogP contribution in [0.5, 0.6) is 0 Å². The second-order valence-electron chi connectivity index (χ2n) is 8.51. The van der Waals surface area contributed by atoms with Crippen molar-refractivity contribution in [2.75, 3.05) is 40.3 Å². The van der Waals surface area contributed by atoms with Gasteiger partial charge in [-0.1, -0.05) is 51.0 Å². The van der Waals surface area contributed by atoms with Gasteiger partial charge in [0.05, 0.1) is 12.0 Å². The van der Waals surface area contributed by atoms with Crippen molar-refractivity contribution in [1.29, 1.82) is 0 Å². The first kappa shape index (κ1) is 27.7. The van der Waals surface area contributed by atoms with Crippen LogP contribution in [-0.2, 0) is 17.9 Å². The van der Waals surface area contributed by atoms with E-state index in [2.05, 4.69) is 60.6 Å². The highest BCUT2D eigenvalue weighted by molar-refractivity contribution is 14.0. The minimum Gasteiger partial charge on any atom is -0.357 e. The molecule has 0 atom stereocenters. The molecule has 2 rings (SSSR count). The zero-order valence-electron chi connectivity index (χ0n) is 20.0. The van der Waals surface area contributed by atoms with Crippen molar-refractivity contribution in [2.24, 2.45) is 10.4 Å². The lowest BCUT2D eigenvalue weighted by Crippen LogP contribution is -2.49. The molecular weight excluding hydrogens is 501 g/mol. The van der Waals surface area contributed by atoms with Crippen LogP contribution in [-0.4, -0.2) is 61.9 Å². The third kappa shape index (κ3) is 8.25. The molecule has 0 bridgehead atoms. The van der Waals surface area contributed by atoms with Crippen LogP contribution in [0.15, 0.2) is 29.3 Å². The van der Waals surface area contributed by atoms with Gasteiger partial charge in [-0.2, -0.15) is 0 Å². The lowest BCUT2D eigenvalue weighted by Gasteiger charge is -2.31. The second-order valence-corrected chi connectivity index (χ2v) is 8.51.